The summed E-state index contributed by atoms with van der Waals surface area (Å²) in [5.74, 6) is 2.79. The third-order valence-corrected chi connectivity index (χ3v) is 7.14. The van der Waals surface area contributed by atoms with Gasteiger partial charge in [0.05, 0.1) is 18.3 Å². The molecule has 2 aromatic heterocycles. The van der Waals surface area contributed by atoms with Crippen molar-refractivity contribution in [2.45, 2.75) is 51.5 Å². The summed E-state index contributed by atoms with van der Waals surface area (Å²) < 4.78 is 28.5. The quantitative estimate of drug-likeness (QED) is 0.254. The van der Waals surface area contributed by atoms with Crippen molar-refractivity contribution in [2.24, 2.45) is 10.7 Å². The van der Waals surface area contributed by atoms with Crippen LogP contribution in [0, 0.1) is 6.92 Å². The average Bonchev–Trinajstić information content (AvgIpc) is 3.60. The van der Waals surface area contributed by atoms with E-state index in [-0.39, 0.29) is 18.9 Å². The number of aliphatic imine (C=N–C) groups is 1. The highest BCUT2D eigenvalue weighted by molar-refractivity contribution is 6.08. The van der Waals surface area contributed by atoms with Gasteiger partial charge in [-0.3, -0.25) is 4.99 Å². The smallest absolute Gasteiger partial charge is 0.129 e. The summed E-state index contributed by atoms with van der Waals surface area (Å²) in [7, 11) is 3.60. The van der Waals surface area contributed by atoms with Crippen molar-refractivity contribution in [1.29, 1.82) is 0 Å². The summed E-state index contributed by atoms with van der Waals surface area (Å²) in [6.45, 7) is 4.00. The molecule has 2 atom stereocenters. The van der Waals surface area contributed by atoms with E-state index in [4.69, 9.17) is 15.2 Å². The van der Waals surface area contributed by atoms with Crippen LogP contribution in [0.15, 0.2) is 71.6 Å². The Hall–Kier alpha value is -4.02. The van der Waals surface area contributed by atoms with Crippen molar-refractivity contribution < 1.29 is 13.9 Å². The van der Waals surface area contributed by atoms with Crippen molar-refractivity contribution in [1.82, 2.24) is 19.9 Å². The van der Waals surface area contributed by atoms with E-state index in [1.807, 2.05) is 38.2 Å². The Labute approximate surface area is 234 Å². The molecule has 0 saturated carbocycles. The Balaban J connectivity index is 1.32. The number of nitrogens with one attached hydrogen (secondary N) is 2. The second-order valence-corrected chi connectivity index (χ2v) is 10.0. The van der Waals surface area contributed by atoms with Gasteiger partial charge in [-0.25, -0.2) is 14.4 Å². The zero-order chi connectivity index (χ0) is 28.1. The van der Waals surface area contributed by atoms with E-state index in [2.05, 4.69) is 36.4 Å². The minimum atomic E-state index is -0.450. The standard InChI is InChI=1S/C30H36FN7O2/c1-19-36-14-20(15-37-19)18-39-25-11-22(31)12-26(13-25)40-24-8-6-21(7-9-24)27-17-38(16-23-5-4-10-35-23)30(34-3)28(27)29(32)33-2/h6-9,12-15,17,23,25,34-35H,4-5,10-11,16,18H2,1-3H3,(H2,32,33). The predicted molar refractivity (Wildman–Crippen MR) is 155 cm³/mol. The van der Waals surface area contributed by atoms with Crippen LogP contribution in [0.3, 0.4) is 0 Å². The van der Waals surface area contributed by atoms with Gasteiger partial charge in [0.1, 0.15) is 34.8 Å². The van der Waals surface area contributed by atoms with Crippen molar-refractivity contribution in [3.8, 4) is 16.9 Å². The van der Waals surface area contributed by atoms with Gasteiger partial charge in [0.25, 0.3) is 0 Å². The number of ether oxygens (including phenoxy) is 2. The van der Waals surface area contributed by atoms with Crippen molar-refractivity contribution >= 4 is 11.7 Å². The average molecular weight is 546 g/mol. The van der Waals surface area contributed by atoms with Gasteiger partial charge in [-0.1, -0.05) is 12.1 Å². The molecule has 10 heteroatoms. The first-order chi connectivity index (χ1) is 19.4. The van der Waals surface area contributed by atoms with E-state index in [9.17, 15) is 4.39 Å². The molecule has 0 spiro atoms. The van der Waals surface area contributed by atoms with Gasteiger partial charge in [-0.2, -0.15) is 0 Å². The minimum Gasteiger partial charge on any atom is -0.458 e. The van der Waals surface area contributed by atoms with Crippen LogP contribution in [-0.4, -0.2) is 53.2 Å². The lowest BCUT2D eigenvalue weighted by Gasteiger charge is -2.19. The number of benzene rings is 1. The third-order valence-electron chi connectivity index (χ3n) is 7.14. The molecule has 0 bridgehead atoms. The van der Waals surface area contributed by atoms with Crippen LogP contribution in [0.25, 0.3) is 11.1 Å². The fourth-order valence-electron chi connectivity index (χ4n) is 5.11. The zero-order valence-electron chi connectivity index (χ0n) is 23.2. The molecule has 3 aromatic rings. The maximum atomic E-state index is 14.4. The lowest BCUT2D eigenvalue weighted by molar-refractivity contribution is 0.0651. The van der Waals surface area contributed by atoms with Crippen LogP contribution >= 0.6 is 0 Å². The first kappa shape index (κ1) is 27.5. The van der Waals surface area contributed by atoms with Crippen molar-refractivity contribution in [3.63, 3.8) is 0 Å². The Morgan fingerprint density at radius 3 is 2.70 bits per heavy atom. The molecule has 40 heavy (non-hydrogen) atoms. The molecule has 210 valence electrons. The Morgan fingerprint density at radius 2 is 2.02 bits per heavy atom. The fourth-order valence-corrected chi connectivity index (χ4v) is 5.11. The van der Waals surface area contributed by atoms with E-state index >= 15 is 0 Å². The molecule has 5 rings (SSSR count). The highest BCUT2D eigenvalue weighted by atomic mass is 19.1. The Bertz CT molecular complexity index is 1410. The number of allylic oxidation sites excluding steroid dienone is 1. The van der Waals surface area contributed by atoms with Crippen molar-refractivity contribution in [2.75, 3.05) is 26.0 Å². The van der Waals surface area contributed by atoms with Crippen molar-refractivity contribution in [3.05, 3.63) is 83.5 Å². The number of rotatable bonds is 10. The fraction of sp³-hybridized carbons (Fsp3) is 0.367. The summed E-state index contributed by atoms with van der Waals surface area (Å²) in [6.07, 6.45) is 10.8. The van der Waals surface area contributed by atoms with Crippen LogP contribution in [0.2, 0.25) is 0 Å². The van der Waals surface area contributed by atoms with E-state index in [1.54, 1.807) is 25.5 Å². The molecule has 1 fully saturated rings. The van der Waals surface area contributed by atoms with Crippen LogP contribution in [0.4, 0.5) is 10.2 Å². The molecule has 0 amide bonds. The van der Waals surface area contributed by atoms with Crippen LogP contribution < -0.4 is 21.1 Å². The Kier molecular flexibility index (Phi) is 8.57. The summed E-state index contributed by atoms with van der Waals surface area (Å²) in [5.41, 5.74) is 10.0. The molecule has 2 aliphatic rings. The third kappa shape index (κ3) is 6.40. The van der Waals surface area contributed by atoms with Gasteiger partial charge in [0, 0.05) is 68.9 Å². The molecule has 9 nitrogen and oxygen atoms in total. The molecule has 2 unspecified atom stereocenters. The summed E-state index contributed by atoms with van der Waals surface area (Å²) >= 11 is 0. The monoisotopic (exact) mass is 545 g/mol. The molecule has 1 aliphatic carbocycles. The van der Waals surface area contributed by atoms with Crippen LogP contribution in [-0.2, 0) is 17.9 Å². The normalized spacial score (nSPS) is 19.4. The van der Waals surface area contributed by atoms with E-state index in [1.165, 1.54) is 12.5 Å². The first-order valence-electron chi connectivity index (χ1n) is 13.6. The lowest BCUT2D eigenvalue weighted by atomic mass is 10.0. The zero-order valence-corrected chi connectivity index (χ0v) is 23.2. The van der Waals surface area contributed by atoms with E-state index in [0.29, 0.717) is 29.2 Å². The molecule has 3 heterocycles. The van der Waals surface area contributed by atoms with Gasteiger partial charge >= 0.3 is 0 Å². The number of amidine groups is 1. The van der Waals surface area contributed by atoms with Gasteiger partial charge in [-0.05, 0) is 50.1 Å². The first-order valence-corrected chi connectivity index (χ1v) is 13.6. The number of aryl methyl sites for hydroxylation is 1. The maximum Gasteiger partial charge on any atom is 0.129 e. The number of anilines is 1. The second kappa shape index (κ2) is 12.4. The highest BCUT2D eigenvalue weighted by Gasteiger charge is 2.23. The molecule has 1 aliphatic heterocycles. The number of halogens is 1. The van der Waals surface area contributed by atoms with Gasteiger partial charge in [-0.15, -0.1) is 0 Å². The second-order valence-electron chi connectivity index (χ2n) is 10.0. The summed E-state index contributed by atoms with van der Waals surface area (Å²) in [5, 5.41) is 6.88. The number of nitrogens with two attached hydrogens (primary N) is 1. The molecular formula is C30H36FN7O2. The number of nitrogens with zero attached hydrogens (tertiary/aromatic N) is 4. The van der Waals surface area contributed by atoms with Gasteiger partial charge < -0.3 is 30.4 Å². The van der Waals surface area contributed by atoms with E-state index in [0.717, 1.165) is 47.6 Å². The van der Waals surface area contributed by atoms with Gasteiger partial charge in [0.15, 0.2) is 0 Å². The maximum absolute atomic E-state index is 14.4. The molecule has 1 saturated heterocycles. The van der Waals surface area contributed by atoms with Crippen LogP contribution in [0.5, 0.6) is 5.75 Å². The number of hydrogen-bond donors (Lipinski definition) is 3. The van der Waals surface area contributed by atoms with Gasteiger partial charge in [0.2, 0.25) is 0 Å². The predicted octanol–water partition coefficient (Wildman–Crippen LogP) is 4.49. The summed E-state index contributed by atoms with van der Waals surface area (Å²) in [6, 6.07) is 8.11. The molecular weight excluding hydrogens is 509 g/mol. The summed E-state index contributed by atoms with van der Waals surface area (Å²) in [4.78, 5) is 12.6. The molecule has 1 aromatic carbocycles. The minimum absolute atomic E-state index is 0.156. The topological polar surface area (TPSA) is 112 Å². The number of hydrogen-bond acceptors (Lipinski definition) is 7. The Morgan fingerprint density at radius 1 is 1.25 bits per heavy atom. The highest BCUT2D eigenvalue weighted by Crippen LogP contribution is 2.34. The molecule has 0 radical (unpaired) electrons. The van der Waals surface area contributed by atoms with E-state index < -0.39 is 6.10 Å². The largest absolute Gasteiger partial charge is 0.458 e. The van der Waals surface area contributed by atoms with Crippen LogP contribution in [0.1, 0.15) is 36.2 Å². The molecule has 4 N–H and O–H groups in total. The SMILES string of the molecule is CN=C(N)c1c(-c2ccc(OC3=CC(OCc4cnc(C)nc4)CC(F)=C3)cc2)cn(CC2CCCN2)c1NC. The number of aromatic nitrogens is 3. The lowest BCUT2D eigenvalue weighted by Crippen LogP contribution is -2.27.